The van der Waals surface area contributed by atoms with Crippen molar-refractivity contribution >= 4 is 67.7 Å². The van der Waals surface area contributed by atoms with Crippen LogP contribution >= 0.6 is 27.5 Å². The van der Waals surface area contributed by atoms with Crippen LogP contribution < -0.4 is 4.90 Å². The van der Waals surface area contributed by atoms with Crippen molar-refractivity contribution < 1.29 is 23.9 Å². The van der Waals surface area contributed by atoms with E-state index in [-0.39, 0.29) is 40.9 Å². The minimum absolute atomic E-state index is 0.000303. The maximum absolute atomic E-state index is 13.3. The summed E-state index contributed by atoms with van der Waals surface area (Å²) in [6.45, 7) is 3.36. The molecule has 3 atom stereocenters. The molecule has 0 N–H and O–H groups in total. The van der Waals surface area contributed by atoms with E-state index in [1.165, 1.54) is 4.90 Å². The number of ether oxygens (including phenoxy) is 1. The topological polar surface area (TPSA) is 93.6 Å². The number of fused-ring (bicyclic) bond motifs is 2. The van der Waals surface area contributed by atoms with Gasteiger partial charge in [-0.3, -0.25) is 19.3 Å². The predicted molar refractivity (Wildman–Crippen MR) is 168 cm³/mol. The Morgan fingerprint density at radius 2 is 1.74 bits per heavy atom. The lowest BCUT2D eigenvalue weighted by Gasteiger charge is -2.22. The number of imide groups is 1. The number of Topliss-reactive ketones (excluding diaryl/α,β-unsaturated/α-hetero) is 1. The molecule has 0 radical (unpaired) electrons. The fraction of sp³-hybridized carbons (Fsp3) is 0.206. The highest BCUT2D eigenvalue weighted by Crippen LogP contribution is 2.41. The van der Waals surface area contributed by atoms with Crippen molar-refractivity contribution in [1.82, 2.24) is 4.98 Å². The minimum Gasteiger partial charge on any atom is -0.454 e. The molecule has 7 nitrogen and oxygen atoms in total. The number of nitrogens with zero attached hydrogens (tertiary/aromatic N) is 2. The second-order valence-corrected chi connectivity index (χ2v) is 12.2. The maximum Gasteiger partial charge on any atom is 0.339 e. The summed E-state index contributed by atoms with van der Waals surface area (Å²) in [5, 5.41) is 1.04. The maximum atomic E-state index is 13.3. The lowest BCUT2D eigenvalue weighted by molar-refractivity contribution is -0.122. The number of aryl methyl sites for hydroxylation is 1. The van der Waals surface area contributed by atoms with Gasteiger partial charge in [0, 0.05) is 26.0 Å². The number of anilines is 1. The van der Waals surface area contributed by atoms with E-state index < -0.39 is 12.6 Å². The Balaban J connectivity index is 1.31. The Labute approximate surface area is 261 Å². The van der Waals surface area contributed by atoms with Crippen LogP contribution in [-0.4, -0.2) is 35.2 Å². The highest BCUT2D eigenvalue weighted by Gasteiger charge is 2.50. The van der Waals surface area contributed by atoms with E-state index in [4.69, 9.17) is 21.3 Å². The molecule has 43 heavy (non-hydrogen) atoms. The van der Waals surface area contributed by atoms with Gasteiger partial charge in [-0.05, 0) is 61.2 Å². The summed E-state index contributed by atoms with van der Waals surface area (Å²) in [6.07, 6.45) is 4.53. The standard InChI is InChI=1S/C34H26BrClN2O5/c1-18-4-3-5-25-30(18)33(41)38(32(25)40)23-12-8-20(9-13-23)28-16-26(24-14-15-27(36)19(2)31(24)37-28)34(42)43-17-29(39)21-6-10-22(35)11-7-21/h3-4,6-16,18,25,30H,5,17H2,1-2H3. The molecule has 1 aromatic heterocycles. The summed E-state index contributed by atoms with van der Waals surface area (Å²) in [5.41, 5.74) is 3.51. The molecule has 0 bridgehead atoms. The van der Waals surface area contributed by atoms with E-state index in [9.17, 15) is 19.2 Å². The fourth-order valence-corrected chi connectivity index (χ4v) is 6.25. The molecule has 1 aliphatic carbocycles. The second-order valence-electron chi connectivity index (χ2n) is 10.8. The third kappa shape index (κ3) is 5.30. The zero-order chi connectivity index (χ0) is 30.4. The first-order chi connectivity index (χ1) is 20.6. The van der Waals surface area contributed by atoms with Crippen LogP contribution in [0.25, 0.3) is 22.2 Å². The number of pyridine rings is 1. The molecule has 9 heteroatoms. The molecule has 3 unspecified atom stereocenters. The monoisotopic (exact) mass is 656 g/mol. The molecular formula is C34H26BrClN2O5. The van der Waals surface area contributed by atoms with Crippen LogP contribution in [0.15, 0.2) is 83.4 Å². The molecule has 2 heterocycles. The number of aromatic nitrogens is 1. The first kappa shape index (κ1) is 29.0. The summed E-state index contributed by atoms with van der Waals surface area (Å²) in [7, 11) is 0. The molecule has 0 saturated carbocycles. The zero-order valence-electron chi connectivity index (χ0n) is 23.3. The molecule has 1 fully saturated rings. The van der Waals surface area contributed by atoms with E-state index in [0.29, 0.717) is 50.4 Å². The summed E-state index contributed by atoms with van der Waals surface area (Å²) in [5.74, 6) is -2.06. The van der Waals surface area contributed by atoms with Crippen molar-refractivity contribution in [1.29, 1.82) is 0 Å². The Bertz CT molecular complexity index is 1830. The lowest BCUT2D eigenvalue weighted by atomic mass is 9.78. The number of carbonyl (C=O) groups excluding carboxylic acids is 4. The van der Waals surface area contributed by atoms with Crippen molar-refractivity contribution in [2.24, 2.45) is 17.8 Å². The van der Waals surface area contributed by atoms with Crippen LogP contribution in [0.5, 0.6) is 0 Å². The SMILES string of the molecule is Cc1c(Cl)ccc2c(C(=O)OCC(=O)c3ccc(Br)cc3)cc(-c3ccc(N4C(=O)C5CC=CC(C)C5C4=O)cc3)nc12. The van der Waals surface area contributed by atoms with Gasteiger partial charge in [0.1, 0.15) is 0 Å². The summed E-state index contributed by atoms with van der Waals surface area (Å²) in [4.78, 5) is 58.5. The van der Waals surface area contributed by atoms with E-state index in [1.807, 2.05) is 26.0 Å². The van der Waals surface area contributed by atoms with Gasteiger partial charge in [-0.25, -0.2) is 9.78 Å². The summed E-state index contributed by atoms with van der Waals surface area (Å²) >= 11 is 9.75. The van der Waals surface area contributed by atoms with Crippen molar-refractivity contribution in [3.8, 4) is 11.3 Å². The van der Waals surface area contributed by atoms with Crippen LogP contribution in [0, 0.1) is 24.7 Å². The Morgan fingerprint density at radius 3 is 2.44 bits per heavy atom. The Hall–Kier alpha value is -4.14. The van der Waals surface area contributed by atoms with Crippen molar-refractivity contribution in [3.63, 3.8) is 0 Å². The van der Waals surface area contributed by atoms with Crippen molar-refractivity contribution in [2.75, 3.05) is 11.5 Å². The third-order valence-electron chi connectivity index (χ3n) is 8.18. The van der Waals surface area contributed by atoms with E-state index in [2.05, 4.69) is 15.9 Å². The number of ketones is 1. The van der Waals surface area contributed by atoms with E-state index >= 15 is 0 Å². The molecule has 3 aromatic carbocycles. The van der Waals surface area contributed by atoms with Gasteiger partial charge in [0.05, 0.1) is 34.3 Å². The van der Waals surface area contributed by atoms with Gasteiger partial charge in [-0.1, -0.05) is 76.9 Å². The largest absolute Gasteiger partial charge is 0.454 e. The number of halogens is 2. The first-order valence-electron chi connectivity index (χ1n) is 13.8. The minimum atomic E-state index is -0.670. The molecule has 2 amide bonds. The Kier molecular flexibility index (Phi) is 7.75. The van der Waals surface area contributed by atoms with Crippen molar-refractivity contribution in [3.05, 3.63) is 105 Å². The zero-order valence-corrected chi connectivity index (χ0v) is 25.7. The predicted octanol–water partition coefficient (Wildman–Crippen LogP) is 7.37. The molecule has 0 spiro atoms. The van der Waals surface area contributed by atoms with E-state index in [1.54, 1.807) is 66.7 Å². The van der Waals surface area contributed by atoms with Gasteiger partial charge in [0.25, 0.3) is 0 Å². The summed E-state index contributed by atoms with van der Waals surface area (Å²) in [6, 6.07) is 18.8. The van der Waals surface area contributed by atoms with Gasteiger partial charge in [-0.15, -0.1) is 0 Å². The number of hydrogen-bond donors (Lipinski definition) is 0. The van der Waals surface area contributed by atoms with Crippen LogP contribution in [0.1, 0.15) is 39.6 Å². The van der Waals surface area contributed by atoms with Crippen LogP contribution in [0.2, 0.25) is 5.02 Å². The number of rotatable bonds is 6. The number of esters is 1. The number of amides is 2. The first-order valence-corrected chi connectivity index (χ1v) is 15.0. The highest BCUT2D eigenvalue weighted by atomic mass is 79.9. The smallest absolute Gasteiger partial charge is 0.339 e. The van der Waals surface area contributed by atoms with Gasteiger partial charge < -0.3 is 4.74 Å². The Morgan fingerprint density at radius 1 is 1.02 bits per heavy atom. The average molecular weight is 658 g/mol. The summed E-state index contributed by atoms with van der Waals surface area (Å²) < 4.78 is 6.30. The molecule has 216 valence electrons. The highest BCUT2D eigenvalue weighted by molar-refractivity contribution is 9.10. The van der Waals surface area contributed by atoms with Gasteiger partial charge in [-0.2, -0.15) is 0 Å². The van der Waals surface area contributed by atoms with Crippen molar-refractivity contribution in [2.45, 2.75) is 20.3 Å². The van der Waals surface area contributed by atoms with Crippen LogP contribution in [0.3, 0.4) is 0 Å². The van der Waals surface area contributed by atoms with E-state index in [0.717, 1.165) is 4.47 Å². The number of carbonyl (C=O) groups is 4. The third-order valence-corrected chi connectivity index (χ3v) is 9.12. The molecule has 4 aromatic rings. The van der Waals surface area contributed by atoms with Gasteiger partial charge in [0.2, 0.25) is 11.8 Å². The van der Waals surface area contributed by atoms with Crippen LogP contribution in [-0.2, 0) is 14.3 Å². The molecular weight excluding hydrogens is 632 g/mol. The molecule has 1 saturated heterocycles. The molecule has 1 aliphatic heterocycles. The lowest BCUT2D eigenvalue weighted by Crippen LogP contribution is -2.31. The number of benzene rings is 3. The normalized spacial score (nSPS) is 19.5. The number of allylic oxidation sites excluding steroid dienone is 2. The second kappa shape index (κ2) is 11.5. The molecule has 2 aliphatic rings. The number of hydrogen-bond acceptors (Lipinski definition) is 6. The van der Waals surface area contributed by atoms with Gasteiger partial charge in [0.15, 0.2) is 12.4 Å². The van der Waals surface area contributed by atoms with Gasteiger partial charge >= 0.3 is 5.97 Å². The average Bonchev–Trinajstić information content (AvgIpc) is 3.27. The fourth-order valence-electron chi connectivity index (χ4n) is 5.83. The quantitative estimate of drug-likeness (QED) is 0.0931. The molecule has 6 rings (SSSR count). The van der Waals surface area contributed by atoms with Crippen LogP contribution in [0.4, 0.5) is 5.69 Å².